The van der Waals surface area contributed by atoms with Crippen LogP contribution >= 0.6 is 0 Å². The molecule has 0 aromatic heterocycles. The van der Waals surface area contributed by atoms with E-state index in [0.29, 0.717) is 12.1 Å². The Kier molecular flexibility index (Phi) is 4.63. The van der Waals surface area contributed by atoms with Crippen molar-refractivity contribution in [3.63, 3.8) is 0 Å². The van der Waals surface area contributed by atoms with Crippen molar-refractivity contribution in [3.8, 4) is 5.75 Å². The van der Waals surface area contributed by atoms with Gasteiger partial charge in [-0.2, -0.15) is 0 Å². The number of benzene rings is 2. The normalized spacial score (nSPS) is 11.5. The van der Waals surface area contributed by atoms with Crippen molar-refractivity contribution in [2.75, 3.05) is 0 Å². The van der Waals surface area contributed by atoms with Crippen LogP contribution in [0.3, 0.4) is 0 Å². The molecule has 0 saturated carbocycles. The Morgan fingerprint density at radius 3 is 2.24 bits per heavy atom. The summed E-state index contributed by atoms with van der Waals surface area (Å²) in [5.41, 5.74) is 8.16. The summed E-state index contributed by atoms with van der Waals surface area (Å²) in [6, 6.07) is 12.9. The summed E-state index contributed by atoms with van der Waals surface area (Å²) < 4.78 is 19.5. The fourth-order valence-corrected chi connectivity index (χ4v) is 2.05. The van der Waals surface area contributed by atoms with E-state index in [4.69, 9.17) is 10.5 Å². The Balaban J connectivity index is 2.03. The highest BCUT2D eigenvalue weighted by atomic mass is 19.1. The molecule has 112 valence electrons. The van der Waals surface area contributed by atoms with E-state index in [2.05, 4.69) is 20.8 Å². The zero-order chi connectivity index (χ0) is 15.5. The quantitative estimate of drug-likeness (QED) is 0.916. The fraction of sp³-hybridized carbons (Fsp3) is 0.333. The fourth-order valence-electron chi connectivity index (χ4n) is 2.05. The molecule has 2 N–H and O–H groups in total. The highest BCUT2D eigenvalue weighted by Gasteiger charge is 2.13. The van der Waals surface area contributed by atoms with Crippen molar-refractivity contribution >= 4 is 0 Å². The van der Waals surface area contributed by atoms with E-state index in [-0.39, 0.29) is 17.8 Å². The number of hydrogen-bond acceptors (Lipinski definition) is 2. The van der Waals surface area contributed by atoms with Gasteiger partial charge >= 0.3 is 0 Å². The summed E-state index contributed by atoms with van der Waals surface area (Å²) in [5.74, 6) is 0.467. The summed E-state index contributed by atoms with van der Waals surface area (Å²) in [7, 11) is 0. The van der Waals surface area contributed by atoms with Crippen molar-refractivity contribution in [2.45, 2.75) is 39.3 Å². The summed E-state index contributed by atoms with van der Waals surface area (Å²) in [5, 5.41) is 0. The summed E-state index contributed by atoms with van der Waals surface area (Å²) >= 11 is 0. The Labute approximate surface area is 125 Å². The van der Waals surface area contributed by atoms with E-state index in [1.165, 1.54) is 11.6 Å². The molecule has 0 atom stereocenters. The van der Waals surface area contributed by atoms with Gasteiger partial charge in [0.1, 0.15) is 18.2 Å². The highest BCUT2D eigenvalue weighted by Crippen LogP contribution is 2.24. The Bertz CT molecular complexity index is 600. The van der Waals surface area contributed by atoms with Crippen molar-refractivity contribution in [1.29, 1.82) is 0 Å². The molecule has 0 spiro atoms. The first-order chi connectivity index (χ1) is 9.90. The van der Waals surface area contributed by atoms with Crippen LogP contribution < -0.4 is 10.5 Å². The molecule has 2 aromatic rings. The molecule has 2 nitrogen and oxygen atoms in total. The van der Waals surface area contributed by atoms with Crippen molar-refractivity contribution in [1.82, 2.24) is 0 Å². The summed E-state index contributed by atoms with van der Waals surface area (Å²) in [6.45, 7) is 7.05. The molecule has 21 heavy (non-hydrogen) atoms. The molecule has 0 fully saturated rings. The molecule has 0 unspecified atom stereocenters. The minimum atomic E-state index is -0.274. The van der Waals surface area contributed by atoms with Crippen LogP contribution in [0.4, 0.5) is 4.39 Å². The lowest BCUT2D eigenvalue weighted by Crippen LogP contribution is -2.10. The SMILES string of the molecule is CC(C)(C)c1ccc(OCc2ccc(CN)cc2F)cc1. The first kappa shape index (κ1) is 15.5. The smallest absolute Gasteiger partial charge is 0.130 e. The molecule has 0 radical (unpaired) electrons. The van der Waals surface area contributed by atoms with Gasteiger partial charge in [-0.25, -0.2) is 4.39 Å². The maximum absolute atomic E-state index is 13.8. The van der Waals surface area contributed by atoms with E-state index in [1.54, 1.807) is 6.07 Å². The average molecular weight is 287 g/mol. The van der Waals surface area contributed by atoms with Crippen LogP contribution in [0.25, 0.3) is 0 Å². The van der Waals surface area contributed by atoms with Crippen LogP contribution in [0.1, 0.15) is 37.5 Å². The largest absolute Gasteiger partial charge is 0.489 e. The van der Waals surface area contributed by atoms with Crippen LogP contribution in [-0.4, -0.2) is 0 Å². The monoisotopic (exact) mass is 287 g/mol. The zero-order valence-electron chi connectivity index (χ0n) is 12.8. The maximum atomic E-state index is 13.8. The number of hydrogen-bond donors (Lipinski definition) is 1. The Morgan fingerprint density at radius 1 is 1.05 bits per heavy atom. The molecule has 0 aliphatic heterocycles. The third-order valence-corrected chi connectivity index (χ3v) is 3.47. The lowest BCUT2D eigenvalue weighted by Gasteiger charge is -2.19. The molecule has 0 aliphatic rings. The van der Waals surface area contributed by atoms with Crippen LogP contribution in [-0.2, 0) is 18.6 Å². The molecule has 0 bridgehead atoms. The van der Waals surface area contributed by atoms with Gasteiger partial charge in [-0.3, -0.25) is 0 Å². The third kappa shape index (κ3) is 4.05. The minimum absolute atomic E-state index is 0.114. The molecule has 0 aliphatic carbocycles. The van der Waals surface area contributed by atoms with Gasteiger partial charge in [0.25, 0.3) is 0 Å². The Morgan fingerprint density at radius 2 is 1.71 bits per heavy atom. The number of nitrogens with two attached hydrogens (primary N) is 1. The highest BCUT2D eigenvalue weighted by molar-refractivity contribution is 5.31. The standard InChI is InChI=1S/C18H22FNO/c1-18(2,3)15-6-8-16(9-7-15)21-12-14-5-4-13(11-20)10-17(14)19/h4-10H,11-12,20H2,1-3H3. The Hall–Kier alpha value is -1.87. The van der Waals surface area contributed by atoms with Crippen LogP contribution in [0.2, 0.25) is 0 Å². The number of rotatable bonds is 4. The average Bonchev–Trinajstić information content (AvgIpc) is 2.45. The first-order valence-corrected chi connectivity index (χ1v) is 7.11. The predicted molar refractivity (Wildman–Crippen MR) is 83.8 cm³/mol. The predicted octanol–water partition coefficient (Wildman–Crippen LogP) is 4.16. The van der Waals surface area contributed by atoms with E-state index in [1.807, 2.05) is 30.3 Å². The van der Waals surface area contributed by atoms with Gasteiger partial charge < -0.3 is 10.5 Å². The summed E-state index contributed by atoms with van der Waals surface area (Å²) in [6.07, 6.45) is 0. The lowest BCUT2D eigenvalue weighted by atomic mass is 9.87. The second kappa shape index (κ2) is 6.27. The van der Waals surface area contributed by atoms with Crippen LogP contribution in [0.5, 0.6) is 5.75 Å². The van der Waals surface area contributed by atoms with Gasteiger partial charge in [0.15, 0.2) is 0 Å². The van der Waals surface area contributed by atoms with E-state index >= 15 is 0 Å². The van der Waals surface area contributed by atoms with Crippen LogP contribution in [0.15, 0.2) is 42.5 Å². The zero-order valence-corrected chi connectivity index (χ0v) is 12.8. The van der Waals surface area contributed by atoms with E-state index in [0.717, 1.165) is 11.3 Å². The van der Waals surface area contributed by atoms with Crippen LogP contribution in [0, 0.1) is 5.82 Å². The molecular weight excluding hydrogens is 265 g/mol. The van der Waals surface area contributed by atoms with Gasteiger partial charge in [0.05, 0.1) is 0 Å². The van der Waals surface area contributed by atoms with Gasteiger partial charge in [-0.1, -0.05) is 45.0 Å². The molecule has 2 rings (SSSR count). The van der Waals surface area contributed by atoms with Crippen molar-refractivity contribution < 1.29 is 9.13 Å². The molecule has 0 saturated heterocycles. The third-order valence-electron chi connectivity index (χ3n) is 3.47. The first-order valence-electron chi connectivity index (χ1n) is 7.11. The number of halogens is 1. The summed E-state index contributed by atoms with van der Waals surface area (Å²) in [4.78, 5) is 0. The second-order valence-electron chi connectivity index (χ2n) is 6.19. The van der Waals surface area contributed by atoms with E-state index < -0.39 is 0 Å². The van der Waals surface area contributed by atoms with Gasteiger partial charge in [0.2, 0.25) is 0 Å². The van der Waals surface area contributed by atoms with Gasteiger partial charge in [-0.05, 0) is 34.7 Å². The van der Waals surface area contributed by atoms with Gasteiger partial charge in [0, 0.05) is 12.1 Å². The maximum Gasteiger partial charge on any atom is 0.130 e. The van der Waals surface area contributed by atoms with Crippen molar-refractivity contribution in [3.05, 3.63) is 65.0 Å². The van der Waals surface area contributed by atoms with E-state index in [9.17, 15) is 4.39 Å². The second-order valence-corrected chi connectivity index (χ2v) is 6.19. The minimum Gasteiger partial charge on any atom is -0.489 e. The van der Waals surface area contributed by atoms with Gasteiger partial charge in [-0.15, -0.1) is 0 Å². The molecular formula is C18H22FNO. The topological polar surface area (TPSA) is 35.2 Å². The molecule has 0 amide bonds. The molecule has 0 heterocycles. The van der Waals surface area contributed by atoms with Crippen molar-refractivity contribution in [2.24, 2.45) is 5.73 Å². The number of ether oxygens (including phenoxy) is 1. The lowest BCUT2D eigenvalue weighted by molar-refractivity contribution is 0.299. The molecule has 2 aromatic carbocycles. The molecule has 3 heteroatoms.